The Balaban J connectivity index is 2.54. The second kappa shape index (κ2) is 8.86. The number of aromatic nitrogens is 2. The van der Waals surface area contributed by atoms with Gasteiger partial charge in [-0.15, -0.1) is 0 Å². The van der Waals surface area contributed by atoms with Crippen molar-refractivity contribution in [2.45, 2.75) is 52.6 Å². The Morgan fingerprint density at radius 3 is 2.39 bits per heavy atom. The standard InChI is InChI=1S/C20H27N3O5/c1-5-12(4)16(19(26)27)22-17(24)15(10-11(2)3)23-18(25)13-8-6-7-9-14(13)21-20(23)28/h6-9,11-12,15-16H,5,10H2,1-4H3,(H,21,28)(H,22,24)(H,26,27)/t12?,15-,16-/m0/s1. The predicted molar refractivity (Wildman–Crippen MR) is 106 cm³/mol. The Hall–Kier alpha value is -2.90. The lowest BCUT2D eigenvalue weighted by molar-refractivity contribution is -0.144. The summed E-state index contributed by atoms with van der Waals surface area (Å²) in [6, 6.07) is 4.36. The molecule has 28 heavy (non-hydrogen) atoms. The zero-order valence-corrected chi connectivity index (χ0v) is 16.6. The van der Waals surface area contributed by atoms with Crippen molar-refractivity contribution >= 4 is 22.8 Å². The molecule has 0 radical (unpaired) electrons. The van der Waals surface area contributed by atoms with Crippen LogP contribution >= 0.6 is 0 Å². The number of aliphatic carboxylic acids is 1. The van der Waals surface area contributed by atoms with E-state index >= 15 is 0 Å². The van der Waals surface area contributed by atoms with Crippen LogP contribution in [0.15, 0.2) is 33.9 Å². The second-order valence-electron chi connectivity index (χ2n) is 7.51. The van der Waals surface area contributed by atoms with Gasteiger partial charge in [0.05, 0.1) is 10.9 Å². The summed E-state index contributed by atoms with van der Waals surface area (Å²) in [6.07, 6.45) is 0.780. The zero-order valence-electron chi connectivity index (χ0n) is 16.6. The molecule has 1 amide bonds. The van der Waals surface area contributed by atoms with Crippen LogP contribution in [-0.2, 0) is 9.59 Å². The highest BCUT2D eigenvalue weighted by molar-refractivity contribution is 5.86. The summed E-state index contributed by atoms with van der Waals surface area (Å²) in [6.45, 7) is 7.29. The number of hydrogen-bond donors (Lipinski definition) is 3. The first kappa shape index (κ1) is 21.4. The zero-order chi connectivity index (χ0) is 21.0. The molecule has 8 heteroatoms. The van der Waals surface area contributed by atoms with Crippen molar-refractivity contribution in [2.75, 3.05) is 0 Å². The van der Waals surface area contributed by atoms with E-state index in [1.165, 1.54) is 0 Å². The molecule has 0 aliphatic rings. The summed E-state index contributed by atoms with van der Waals surface area (Å²) in [7, 11) is 0. The molecule has 1 aromatic carbocycles. The summed E-state index contributed by atoms with van der Waals surface area (Å²) in [4.78, 5) is 52.7. The lowest BCUT2D eigenvalue weighted by Crippen LogP contribution is -2.51. The highest BCUT2D eigenvalue weighted by atomic mass is 16.4. The summed E-state index contributed by atoms with van der Waals surface area (Å²) in [5.74, 6) is -2.09. The van der Waals surface area contributed by atoms with Crippen LogP contribution in [0.2, 0.25) is 0 Å². The van der Waals surface area contributed by atoms with Crippen LogP contribution in [0.3, 0.4) is 0 Å². The van der Waals surface area contributed by atoms with Crippen molar-refractivity contribution in [1.29, 1.82) is 0 Å². The van der Waals surface area contributed by atoms with E-state index in [0.29, 0.717) is 17.3 Å². The van der Waals surface area contributed by atoms with Crippen molar-refractivity contribution in [3.8, 4) is 0 Å². The fourth-order valence-electron chi connectivity index (χ4n) is 3.17. The van der Waals surface area contributed by atoms with Gasteiger partial charge in [-0.3, -0.25) is 9.59 Å². The average molecular weight is 389 g/mol. The molecule has 2 rings (SSSR count). The number of nitrogens with one attached hydrogen (secondary N) is 2. The highest BCUT2D eigenvalue weighted by Crippen LogP contribution is 2.18. The molecule has 1 heterocycles. The van der Waals surface area contributed by atoms with Gasteiger partial charge < -0.3 is 15.4 Å². The van der Waals surface area contributed by atoms with Gasteiger partial charge in [-0.2, -0.15) is 0 Å². The lowest BCUT2D eigenvalue weighted by atomic mass is 9.97. The third-order valence-corrected chi connectivity index (χ3v) is 4.92. The van der Waals surface area contributed by atoms with Crippen LogP contribution in [0, 0.1) is 11.8 Å². The number of amides is 1. The molecule has 3 atom stereocenters. The average Bonchev–Trinajstić information content (AvgIpc) is 2.63. The molecule has 1 aromatic heterocycles. The number of benzene rings is 1. The number of aromatic amines is 1. The van der Waals surface area contributed by atoms with Crippen LogP contribution in [0.5, 0.6) is 0 Å². The summed E-state index contributed by atoms with van der Waals surface area (Å²) < 4.78 is 0.896. The fourth-order valence-corrected chi connectivity index (χ4v) is 3.17. The van der Waals surface area contributed by atoms with Crippen LogP contribution in [-0.4, -0.2) is 32.6 Å². The van der Waals surface area contributed by atoms with Crippen molar-refractivity contribution in [3.63, 3.8) is 0 Å². The molecule has 2 aromatic rings. The topological polar surface area (TPSA) is 121 Å². The van der Waals surface area contributed by atoms with E-state index in [-0.39, 0.29) is 18.3 Å². The van der Waals surface area contributed by atoms with Crippen LogP contribution < -0.4 is 16.6 Å². The van der Waals surface area contributed by atoms with E-state index in [2.05, 4.69) is 10.3 Å². The minimum atomic E-state index is -1.15. The molecule has 152 valence electrons. The number of carboxylic acid groups (broad SMARTS) is 1. The van der Waals surface area contributed by atoms with Crippen LogP contribution in [0.25, 0.3) is 10.9 Å². The highest BCUT2D eigenvalue weighted by Gasteiger charge is 2.31. The number of carbonyl (C=O) groups excluding carboxylic acids is 1. The van der Waals surface area contributed by atoms with E-state index in [9.17, 15) is 24.3 Å². The molecule has 1 unspecified atom stereocenters. The fraction of sp³-hybridized carbons (Fsp3) is 0.500. The SMILES string of the molecule is CCC(C)[C@H](NC(=O)[C@H](CC(C)C)n1c(=O)[nH]c2ccccc2c1=O)C(=O)O. The number of rotatable bonds is 8. The number of hydrogen-bond acceptors (Lipinski definition) is 4. The Labute approximate surface area is 162 Å². The van der Waals surface area contributed by atoms with E-state index < -0.39 is 35.2 Å². The molecule has 0 aliphatic heterocycles. The third-order valence-electron chi connectivity index (χ3n) is 4.92. The van der Waals surface area contributed by atoms with Gasteiger partial charge in [0, 0.05) is 0 Å². The Bertz CT molecular complexity index is 976. The van der Waals surface area contributed by atoms with Crippen molar-refractivity contribution in [2.24, 2.45) is 11.8 Å². The molecular weight excluding hydrogens is 362 g/mol. The maximum absolute atomic E-state index is 13.0. The molecule has 0 saturated heterocycles. The molecular formula is C20H27N3O5. The Morgan fingerprint density at radius 1 is 1.18 bits per heavy atom. The van der Waals surface area contributed by atoms with Crippen molar-refractivity contribution < 1.29 is 14.7 Å². The van der Waals surface area contributed by atoms with Gasteiger partial charge in [0.1, 0.15) is 12.1 Å². The van der Waals surface area contributed by atoms with Gasteiger partial charge in [0.25, 0.3) is 5.56 Å². The van der Waals surface area contributed by atoms with Gasteiger partial charge in [-0.25, -0.2) is 14.2 Å². The van der Waals surface area contributed by atoms with E-state index in [0.717, 1.165) is 4.57 Å². The van der Waals surface area contributed by atoms with Crippen molar-refractivity contribution in [1.82, 2.24) is 14.9 Å². The van der Waals surface area contributed by atoms with Crippen molar-refractivity contribution in [3.05, 3.63) is 45.1 Å². The molecule has 0 bridgehead atoms. The lowest BCUT2D eigenvalue weighted by Gasteiger charge is -2.25. The maximum atomic E-state index is 13.0. The quantitative estimate of drug-likeness (QED) is 0.637. The maximum Gasteiger partial charge on any atom is 0.329 e. The van der Waals surface area contributed by atoms with Crippen LogP contribution in [0.4, 0.5) is 0 Å². The number of nitrogens with zero attached hydrogens (tertiary/aromatic N) is 1. The smallest absolute Gasteiger partial charge is 0.329 e. The molecule has 8 nitrogen and oxygen atoms in total. The number of carbonyl (C=O) groups is 2. The minimum absolute atomic E-state index is 0.000368. The molecule has 0 spiro atoms. The second-order valence-corrected chi connectivity index (χ2v) is 7.51. The monoisotopic (exact) mass is 389 g/mol. The molecule has 0 fully saturated rings. The van der Waals surface area contributed by atoms with E-state index in [4.69, 9.17) is 0 Å². The molecule has 0 saturated carbocycles. The van der Waals surface area contributed by atoms with Gasteiger partial charge in [-0.05, 0) is 30.4 Å². The first-order chi connectivity index (χ1) is 13.2. The van der Waals surface area contributed by atoms with Gasteiger partial charge in [0.15, 0.2) is 0 Å². The Morgan fingerprint density at radius 2 is 1.82 bits per heavy atom. The van der Waals surface area contributed by atoms with Crippen LogP contribution in [0.1, 0.15) is 46.6 Å². The number of H-pyrrole nitrogens is 1. The van der Waals surface area contributed by atoms with Gasteiger partial charge >= 0.3 is 11.7 Å². The van der Waals surface area contributed by atoms with Gasteiger partial charge in [0.2, 0.25) is 5.91 Å². The van der Waals surface area contributed by atoms with E-state index in [1.54, 1.807) is 31.2 Å². The summed E-state index contributed by atoms with van der Waals surface area (Å²) in [5, 5.41) is 12.3. The number of fused-ring (bicyclic) bond motifs is 1. The molecule has 0 aliphatic carbocycles. The van der Waals surface area contributed by atoms with E-state index in [1.807, 2.05) is 20.8 Å². The largest absolute Gasteiger partial charge is 0.480 e. The first-order valence-electron chi connectivity index (χ1n) is 9.44. The summed E-state index contributed by atoms with van der Waals surface area (Å²) >= 11 is 0. The Kier molecular flexibility index (Phi) is 6.77. The first-order valence-corrected chi connectivity index (χ1v) is 9.44. The third kappa shape index (κ3) is 4.49. The normalized spacial score (nSPS) is 14.6. The minimum Gasteiger partial charge on any atom is -0.480 e. The van der Waals surface area contributed by atoms with Gasteiger partial charge in [-0.1, -0.05) is 46.2 Å². The predicted octanol–water partition coefficient (Wildman–Crippen LogP) is 1.89. The molecule has 3 N–H and O–H groups in total. The number of carboxylic acids is 1. The number of para-hydroxylation sites is 1. The summed E-state index contributed by atoms with van der Waals surface area (Å²) in [5.41, 5.74) is -0.879.